The van der Waals surface area contributed by atoms with Gasteiger partial charge >= 0.3 is 0 Å². The Morgan fingerprint density at radius 2 is 1.85 bits per heavy atom. The summed E-state index contributed by atoms with van der Waals surface area (Å²) in [7, 11) is -3.92. The number of hydrogen-bond acceptors (Lipinski definition) is 6. The van der Waals surface area contributed by atoms with E-state index in [4.69, 9.17) is 0 Å². The first-order valence-corrected chi connectivity index (χ1v) is 13.4. The van der Waals surface area contributed by atoms with Crippen LogP contribution in [-0.2, 0) is 16.6 Å². The number of aryl methyl sites for hydroxylation is 2. The SMILES string of the molecule is Cc1ccc2[nH]c(=O)c(CN(C3CCCCC3)S(=O)(=O)c3c(C)ccc4nsnc34)cc2c1. The van der Waals surface area contributed by atoms with Crippen LogP contribution in [0.2, 0.25) is 0 Å². The highest BCUT2D eigenvalue weighted by Gasteiger charge is 2.35. The molecule has 2 aromatic heterocycles. The smallest absolute Gasteiger partial charge is 0.252 e. The molecule has 1 saturated carbocycles. The van der Waals surface area contributed by atoms with Gasteiger partial charge in [0.15, 0.2) is 0 Å². The maximum atomic E-state index is 14.1. The minimum Gasteiger partial charge on any atom is -0.322 e. The van der Waals surface area contributed by atoms with Crippen LogP contribution in [0.15, 0.2) is 46.1 Å². The van der Waals surface area contributed by atoms with Crippen molar-refractivity contribution in [2.24, 2.45) is 0 Å². The van der Waals surface area contributed by atoms with E-state index in [0.29, 0.717) is 22.2 Å². The van der Waals surface area contributed by atoms with Crippen LogP contribution < -0.4 is 5.56 Å². The molecule has 1 N–H and O–H groups in total. The lowest BCUT2D eigenvalue weighted by atomic mass is 9.95. The summed E-state index contributed by atoms with van der Waals surface area (Å²) in [5.74, 6) is 0. The number of pyridine rings is 1. The van der Waals surface area contributed by atoms with Crippen molar-refractivity contribution in [3.05, 3.63) is 63.4 Å². The van der Waals surface area contributed by atoms with Crippen molar-refractivity contribution in [1.29, 1.82) is 0 Å². The van der Waals surface area contributed by atoms with Crippen LogP contribution in [0.4, 0.5) is 0 Å². The summed E-state index contributed by atoms with van der Waals surface area (Å²) in [6.45, 7) is 3.81. The fourth-order valence-electron chi connectivity index (χ4n) is 4.81. The fraction of sp³-hybridized carbons (Fsp3) is 0.375. The molecular weight excluding hydrogens is 456 g/mol. The van der Waals surface area contributed by atoms with Gasteiger partial charge in [0.1, 0.15) is 15.9 Å². The molecule has 2 aromatic carbocycles. The predicted octanol–water partition coefficient (Wildman–Crippen LogP) is 4.67. The largest absolute Gasteiger partial charge is 0.322 e. The van der Waals surface area contributed by atoms with Crippen LogP contribution in [0.5, 0.6) is 0 Å². The molecule has 1 aliphatic rings. The van der Waals surface area contributed by atoms with Gasteiger partial charge in [0.2, 0.25) is 10.0 Å². The Hall–Kier alpha value is -2.62. The molecule has 0 aliphatic heterocycles. The molecule has 0 spiro atoms. The highest BCUT2D eigenvalue weighted by atomic mass is 32.2. The molecule has 4 aromatic rings. The summed E-state index contributed by atoms with van der Waals surface area (Å²) in [5, 5.41) is 0.896. The Morgan fingerprint density at radius 1 is 1.06 bits per heavy atom. The van der Waals surface area contributed by atoms with Gasteiger partial charge in [-0.3, -0.25) is 4.79 Å². The van der Waals surface area contributed by atoms with E-state index >= 15 is 0 Å². The van der Waals surface area contributed by atoms with E-state index in [2.05, 4.69) is 13.7 Å². The van der Waals surface area contributed by atoms with Crippen molar-refractivity contribution in [1.82, 2.24) is 18.0 Å². The third kappa shape index (κ3) is 4.09. The molecule has 0 radical (unpaired) electrons. The maximum Gasteiger partial charge on any atom is 0.252 e. The fourth-order valence-corrected chi connectivity index (χ4v) is 7.42. The lowest BCUT2D eigenvalue weighted by molar-refractivity contribution is 0.247. The highest BCUT2D eigenvalue weighted by Crippen LogP contribution is 2.33. The second kappa shape index (κ2) is 8.62. The molecule has 0 amide bonds. The molecule has 9 heteroatoms. The van der Waals surface area contributed by atoms with Crippen molar-refractivity contribution >= 4 is 43.7 Å². The third-order valence-corrected chi connectivity index (χ3v) is 9.15. The molecule has 5 rings (SSSR count). The Labute approximate surface area is 196 Å². The van der Waals surface area contributed by atoms with E-state index < -0.39 is 10.0 Å². The lowest BCUT2D eigenvalue weighted by Crippen LogP contribution is -2.42. The quantitative estimate of drug-likeness (QED) is 0.446. The predicted molar refractivity (Wildman–Crippen MR) is 131 cm³/mol. The second-order valence-corrected chi connectivity index (χ2v) is 11.3. The van der Waals surface area contributed by atoms with E-state index in [1.54, 1.807) is 23.4 Å². The number of aromatic nitrogens is 3. The lowest BCUT2D eigenvalue weighted by Gasteiger charge is -2.33. The molecule has 7 nitrogen and oxygen atoms in total. The van der Waals surface area contributed by atoms with Crippen LogP contribution >= 0.6 is 11.7 Å². The zero-order valence-corrected chi connectivity index (χ0v) is 20.3. The Bertz CT molecular complexity index is 1500. The van der Waals surface area contributed by atoms with Crippen molar-refractivity contribution in [2.45, 2.75) is 63.4 Å². The molecule has 0 unspecified atom stereocenters. The minimum atomic E-state index is -3.92. The van der Waals surface area contributed by atoms with Gasteiger partial charge in [-0.1, -0.05) is 37.0 Å². The molecule has 33 heavy (non-hydrogen) atoms. The Kier molecular flexibility index (Phi) is 5.80. The molecule has 172 valence electrons. The number of aromatic amines is 1. The second-order valence-electron chi connectivity index (χ2n) is 8.90. The third-order valence-electron chi connectivity index (χ3n) is 6.53. The van der Waals surface area contributed by atoms with Gasteiger partial charge in [0, 0.05) is 23.7 Å². The van der Waals surface area contributed by atoms with Gasteiger partial charge in [-0.25, -0.2) is 8.42 Å². The molecule has 2 heterocycles. The molecule has 1 aliphatic carbocycles. The van der Waals surface area contributed by atoms with Gasteiger partial charge in [-0.05, 0) is 61.9 Å². The van der Waals surface area contributed by atoms with Gasteiger partial charge in [-0.15, -0.1) is 0 Å². The van der Waals surface area contributed by atoms with Crippen molar-refractivity contribution in [3.8, 4) is 0 Å². The van der Waals surface area contributed by atoms with Crippen LogP contribution in [0, 0.1) is 13.8 Å². The molecule has 0 bridgehead atoms. The number of benzene rings is 2. The summed E-state index contributed by atoms with van der Waals surface area (Å²) in [5.41, 5.74) is 3.64. The maximum absolute atomic E-state index is 14.1. The van der Waals surface area contributed by atoms with Gasteiger partial charge in [0.05, 0.1) is 11.7 Å². The molecule has 0 saturated heterocycles. The Morgan fingerprint density at radius 3 is 2.64 bits per heavy atom. The zero-order chi connectivity index (χ0) is 23.2. The van der Waals surface area contributed by atoms with Crippen LogP contribution in [0.3, 0.4) is 0 Å². The van der Waals surface area contributed by atoms with Crippen molar-refractivity contribution in [2.75, 3.05) is 0 Å². The highest BCUT2D eigenvalue weighted by molar-refractivity contribution is 7.89. The van der Waals surface area contributed by atoms with Gasteiger partial charge < -0.3 is 4.98 Å². The monoisotopic (exact) mass is 482 g/mol. The summed E-state index contributed by atoms with van der Waals surface area (Å²) < 4.78 is 38.4. The normalized spacial score (nSPS) is 15.6. The standard InChI is InChI=1S/C24H26N4O3S2/c1-15-8-10-20-17(12-15)13-18(24(29)25-20)14-28(19-6-4-3-5-7-19)33(30,31)23-16(2)9-11-21-22(23)27-32-26-21/h8-13,19H,3-7,14H2,1-2H3,(H,25,29). The van der Waals surface area contributed by atoms with E-state index in [-0.39, 0.29) is 23.0 Å². The van der Waals surface area contributed by atoms with Crippen LogP contribution in [0.1, 0.15) is 48.8 Å². The molecule has 1 fully saturated rings. The van der Waals surface area contributed by atoms with Crippen molar-refractivity contribution < 1.29 is 8.42 Å². The van der Waals surface area contributed by atoms with E-state index in [9.17, 15) is 13.2 Å². The first-order chi connectivity index (χ1) is 15.8. The number of sulfonamides is 1. The average Bonchev–Trinajstić information content (AvgIpc) is 3.26. The van der Waals surface area contributed by atoms with Crippen molar-refractivity contribution in [3.63, 3.8) is 0 Å². The first-order valence-electron chi connectivity index (χ1n) is 11.2. The number of fused-ring (bicyclic) bond motifs is 2. The minimum absolute atomic E-state index is 0.0274. The van der Waals surface area contributed by atoms with E-state index in [1.807, 2.05) is 31.2 Å². The average molecular weight is 483 g/mol. The molecule has 0 atom stereocenters. The number of rotatable bonds is 5. The zero-order valence-electron chi connectivity index (χ0n) is 18.7. The van der Waals surface area contributed by atoms with Crippen LogP contribution in [-0.4, -0.2) is 32.5 Å². The summed E-state index contributed by atoms with van der Waals surface area (Å²) in [6.07, 6.45) is 4.63. The number of nitrogens with one attached hydrogen (secondary N) is 1. The van der Waals surface area contributed by atoms with E-state index in [0.717, 1.165) is 60.3 Å². The summed E-state index contributed by atoms with van der Waals surface area (Å²) in [6, 6.07) is 11.1. The van der Waals surface area contributed by atoms with Gasteiger partial charge in [0.25, 0.3) is 5.56 Å². The number of H-pyrrole nitrogens is 1. The van der Waals surface area contributed by atoms with E-state index in [1.165, 1.54) is 0 Å². The summed E-state index contributed by atoms with van der Waals surface area (Å²) in [4.78, 5) is 16.1. The number of hydrogen-bond donors (Lipinski definition) is 1. The first kappa shape index (κ1) is 22.2. The van der Waals surface area contributed by atoms with Crippen LogP contribution in [0.25, 0.3) is 21.9 Å². The van der Waals surface area contributed by atoms with Gasteiger partial charge in [-0.2, -0.15) is 13.1 Å². The Balaban J connectivity index is 1.65. The molecular formula is C24H26N4O3S2. The number of nitrogens with zero attached hydrogens (tertiary/aromatic N) is 3. The topological polar surface area (TPSA) is 96.0 Å². The summed E-state index contributed by atoms with van der Waals surface area (Å²) >= 11 is 1.01.